The molecule has 2 aromatic heterocycles. The number of aromatic nitrogens is 2. The fraction of sp³-hybridized carbons (Fsp3) is 0. The average molecular weight is 658 g/mol. The number of nitrogens with zero attached hydrogens (tertiary/aromatic N) is 3. The van der Waals surface area contributed by atoms with Crippen LogP contribution in [0.4, 0.5) is 17.1 Å². The minimum atomic E-state index is 0.518. The van der Waals surface area contributed by atoms with Gasteiger partial charge in [-0.2, -0.15) is 0 Å². The Morgan fingerprint density at radius 3 is 1.67 bits per heavy atom. The summed E-state index contributed by atoms with van der Waals surface area (Å²) in [6, 6.07) is 60.0. The molecule has 0 radical (unpaired) electrons. The van der Waals surface area contributed by atoms with Crippen molar-refractivity contribution in [2.75, 3.05) is 4.90 Å². The summed E-state index contributed by atoms with van der Waals surface area (Å²) in [5, 5.41) is 4.54. The zero-order valence-electron chi connectivity index (χ0n) is 27.6. The Morgan fingerprint density at radius 2 is 1.02 bits per heavy atom. The van der Waals surface area contributed by atoms with E-state index in [1.807, 2.05) is 78.9 Å². The number of benzene rings is 7. The highest BCUT2D eigenvalue weighted by molar-refractivity contribution is 6.22. The second-order valence-electron chi connectivity index (χ2n) is 12.2. The van der Waals surface area contributed by atoms with Gasteiger partial charge in [0.2, 0.25) is 11.8 Å². The highest BCUT2D eigenvalue weighted by Gasteiger charge is 2.22. The molecule has 9 aromatic rings. The monoisotopic (exact) mass is 657 g/mol. The zero-order chi connectivity index (χ0) is 34.0. The van der Waals surface area contributed by atoms with E-state index in [1.165, 1.54) is 11.1 Å². The molecule has 2 heterocycles. The van der Waals surface area contributed by atoms with Crippen LogP contribution in [0.25, 0.3) is 66.7 Å². The Labute approximate surface area is 295 Å². The van der Waals surface area contributed by atoms with Crippen LogP contribution in [0.15, 0.2) is 197 Å². The first-order chi connectivity index (χ1) is 25.3. The Morgan fingerprint density at radius 1 is 0.451 bits per heavy atom. The molecular formula is C46H31N3O2. The quantitative estimate of drug-likeness (QED) is 0.167. The lowest BCUT2D eigenvalue weighted by Crippen LogP contribution is -2.11. The molecule has 0 atom stereocenters. The summed E-state index contributed by atoms with van der Waals surface area (Å²) in [5.41, 5.74) is 8.52. The number of anilines is 3. The van der Waals surface area contributed by atoms with Gasteiger partial charge in [-0.3, -0.25) is 0 Å². The maximum atomic E-state index is 6.25. The highest BCUT2D eigenvalue weighted by Crippen LogP contribution is 2.48. The first kappa shape index (κ1) is 30.1. The maximum Gasteiger partial charge on any atom is 0.227 e. The van der Waals surface area contributed by atoms with E-state index in [1.54, 1.807) is 12.5 Å². The first-order valence-corrected chi connectivity index (χ1v) is 16.9. The third-order valence-electron chi connectivity index (χ3n) is 9.08. The molecule has 0 aliphatic heterocycles. The summed E-state index contributed by atoms with van der Waals surface area (Å²) in [5.74, 6) is 1.10. The van der Waals surface area contributed by atoms with Crippen molar-refractivity contribution in [2.24, 2.45) is 0 Å². The van der Waals surface area contributed by atoms with Crippen LogP contribution in [-0.4, -0.2) is 9.97 Å². The van der Waals surface area contributed by atoms with Crippen LogP contribution < -0.4 is 4.90 Å². The van der Waals surface area contributed by atoms with Gasteiger partial charge < -0.3 is 13.7 Å². The predicted molar refractivity (Wildman–Crippen MR) is 208 cm³/mol. The van der Waals surface area contributed by atoms with E-state index >= 15 is 0 Å². The molecule has 0 unspecified atom stereocenters. The van der Waals surface area contributed by atoms with Gasteiger partial charge >= 0.3 is 0 Å². The largest absolute Gasteiger partial charge is 0.446 e. The number of hydrogen-bond acceptors (Lipinski definition) is 5. The highest BCUT2D eigenvalue weighted by atomic mass is 16.3. The van der Waals surface area contributed by atoms with E-state index in [2.05, 4.69) is 107 Å². The van der Waals surface area contributed by atoms with Gasteiger partial charge in [-0.25, -0.2) is 9.97 Å². The van der Waals surface area contributed by atoms with Gasteiger partial charge in [0.25, 0.3) is 0 Å². The van der Waals surface area contributed by atoms with E-state index in [0.717, 1.165) is 60.8 Å². The number of oxazole rings is 1. The topological polar surface area (TPSA) is 55.3 Å². The van der Waals surface area contributed by atoms with Gasteiger partial charge in [0, 0.05) is 39.5 Å². The van der Waals surface area contributed by atoms with E-state index in [-0.39, 0.29) is 0 Å². The second kappa shape index (κ2) is 13.1. The molecule has 0 saturated heterocycles. The number of rotatable bonds is 6. The third kappa shape index (κ3) is 5.67. The van der Waals surface area contributed by atoms with Crippen LogP contribution in [0.5, 0.6) is 0 Å². The van der Waals surface area contributed by atoms with Gasteiger partial charge in [-0.05, 0) is 82.6 Å². The molecule has 0 fully saturated rings. The van der Waals surface area contributed by atoms with Crippen LogP contribution in [0.1, 0.15) is 0 Å². The fourth-order valence-electron chi connectivity index (χ4n) is 6.81. The van der Waals surface area contributed by atoms with Crippen molar-refractivity contribution in [2.45, 2.75) is 0 Å². The summed E-state index contributed by atoms with van der Waals surface area (Å²) in [7, 11) is 0. The Bertz CT molecular complexity index is 2600. The summed E-state index contributed by atoms with van der Waals surface area (Å²) in [4.78, 5) is 11.9. The van der Waals surface area contributed by atoms with Crippen molar-refractivity contribution in [3.63, 3.8) is 0 Å². The lowest BCUT2D eigenvalue weighted by Gasteiger charge is -2.29. The minimum absolute atomic E-state index is 0.518. The lowest BCUT2D eigenvalue weighted by atomic mass is 9.90. The van der Waals surface area contributed by atoms with E-state index in [0.29, 0.717) is 11.8 Å². The molecule has 5 nitrogen and oxygen atoms in total. The van der Waals surface area contributed by atoms with E-state index < -0.39 is 0 Å². The molecule has 0 N–H and O–H groups in total. The zero-order valence-corrected chi connectivity index (χ0v) is 27.6. The molecule has 5 heteroatoms. The van der Waals surface area contributed by atoms with Crippen molar-refractivity contribution >= 4 is 49.7 Å². The molecule has 0 bridgehead atoms. The number of hydrogen-bond donors (Lipinski definition) is 0. The molecule has 0 saturated carbocycles. The standard InChI is InChI=1S/C46H31N3O2/c1-4-15-32(16-5-1)43-37-22-10-12-24-39(37)44(40-25-13-11-23-38(40)43)49(35-21-14-29-47-45(50-30-28-35)33-17-6-2-7-18-33)36-26-27-42-41(31-36)48-46(51-42)34-19-8-3-9-20-34/h1-31H. The second-order valence-corrected chi connectivity index (χ2v) is 12.2. The molecule has 242 valence electrons. The van der Waals surface area contributed by atoms with E-state index in [4.69, 9.17) is 13.8 Å². The van der Waals surface area contributed by atoms with Gasteiger partial charge in [0.05, 0.1) is 12.0 Å². The van der Waals surface area contributed by atoms with Crippen LogP contribution in [0, 0.1) is 0 Å². The van der Waals surface area contributed by atoms with Gasteiger partial charge in [0.1, 0.15) is 5.52 Å². The molecule has 51 heavy (non-hydrogen) atoms. The Hall–Kier alpha value is -6.98. The molecule has 7 aromatic carbocycles. The van der Waals surface area contributed by atoms with Crippen LogP contribution >= 0.6 is 0 Å². The molecular weight excluding hydrogens is 627 g/mol. The minimum Gasteiger partial charge on any atom is -0.446 e. The summed E-state index contributed by atoms with van der Waals surface area (Å²) >= 11 is 0. The summed E-state index contributed by atoms with van der Waals surface area (Å²) in [6.45, 7) is 0. The maximum absolute atomic E-state index is 6.25. The summed E-state index contributed by atoms with van der Waals surface area (Å²) < 4.78 is 12.4. The molecule has 0 aliphatic carbocycles. The van der Waals surface area contributed by atoms with Crippen LogP contribution in [-0.2, 0) is 0 Å². The van der Waals surface area contributed by atoms with Crippen molar-refractivity contribution in [3.8, 4) is 34.0 Å². The third-order valence-corrected chi connectivity index (χ3v) is 9.08. The van der Waals surface area contributed by atoms with Crippen molar-refractivity contribution in [3.05, 3.63) is 188 Å². The van der Waals surface area contributed by atoms with Crippen LogP contribution in [0.3, 0.4) is 0 Å². The number of fused-ring (bicyclic) bond motifs is 3. The van der Waals surface area contributed by atoms with Crippen LogP contribution in [0.2, 0.25) is 0 Å². The smallest absolute Gasteiger partial charge is 0.227 e. The van der Waals surface area contributed by atoms with Crippen molar-refractivity contribution in [1.29, 1.82) is 0 Å². The summed E-state index contributed by atoms with van der Waals surface area (Å²) in [6.07, 6.45) is 3.48. The van der Waals surface area contributed by atoms with Gasteiger partial charge in [-0.1, -0.05) is 115 Å². The van der Waals surface area contributed by atoms with Gasteiger partial charge in [0.15, 0.2) is 5.58 Å². The average Bonchev–Trinajstić information content (AvgIpc) is 3.67. The van der Waals surface area contributed by atoms with E-state index in [9.17, 15) is 0 Å². The SMILES string of the molecule is c1ccc(-c2ncccc(N(c3ccc4oc(-c5ccccc5)nc4c3)c3c4ccccc4c(-c4ccccc4)c4ccccc34)cco2)cc1. The molecule has 0 spiro atoms. The molecule has 0 aliphatic rings. The fourth-order valence-corrected chi connectivity index (χ4v) is 6.81. The molecule has 0 amide bonds. The predicted octanol–water partition coefficient (Wildman–Crippen LogP) is 12.7. The first-order valence-electron chi connectivity index (χ1n) is 16.9. The Balaban J connectivity index is 1.33. The van der Waals surface area contributed by atoms with Gasteiger partial charge in [-0.15, -0.1) is 0 Å². The lowest BCUT2D eigenvalue weighted by molar-refractivity contribution is 0.553. The molecule has 9 rings (SSSR count). The van der Waals surface area contributed by atoms with Crippen molar-refractivity contribution < 1.29 is 8.83 Å². The normalized spacial score (nSPS) is 11.1. The Kier molecular flexibility index (Phi) is 7.76. The van der Waals surface area contributed by atoms with Crippen molar-refractivity contribution in [1.82, 2.24) is 9.97 Å².